The maximum Gasteiger partial charge on any atom is 0.234 e. The molecular weight excluding hydrogens is 405 g/mol. The van der Waals surface area contributed by atoms with Crippen molar-refractivity contribution in [3.8, 4) is 0 Å². The molecule has 2 aromatic carbocycles. The number of aryl methyl sites for hydroxylation is 1. The Morgan fingerprint density at radius 2 is 1.67 bits per heavy atom. The normalized spacial score (nSPS) is 10.6. The summed E-state index contributed by atoms with van der Waals surface area (Å²) in [6.07, 6.45) is 0.875. The fourth-order valence-corrected chi connectivity index (χ4v) is 3.52. The van der Waals surface area contributed by atoms with Crippen molar-refractivity contribution in [2.75, 3.05) is 16.4 Å². The van der Waals surface area contributed by atoms with Gasteiger partial charge in [-0.05, 0) is 30.2 Å². The Morgan fingerprint density at radius 3 is 2.40 bits per heavy atom. The van der Waals surface area contributed by atoms with Crippen molar-refractivity contribution >= 4 is 35.0 Å². The molecule has 30 heavy (non-hydrogen) atoms. The molecule has 0 aliphatic rings. The molecule has 0 aliphatic carbocycles. The van der Waals surface area contributed by atoms with E-state index in [4.69, 9.17) is 0 Å². The van der Waals surface area contributed by atoms with Crippen LogP contribution in [0.25, 0.3) is 0 Å². The minimum Gasteiger partial charge on any atom is -0.325 e. The summed E-state index contributed by atoms with van der Waals surface area (Å²) >= 11 is 1.16. The number of thioether (sulfide) groups is 1. The highest BCUT2D eigenvalue weighted by Gasteiger charge is 2.15. The van der Waals surface area contributed by atoms with Crippen molar-refractivity contribution in [2.24, 2.45) is 7.05 Å². The first-order chi connectivity index (χ1) is 14.5. The summed E-state index contributed by atoms with van der Waals surface area (Å²) in [6, 6.07) is 13.6. The molecule has 9 heteroatoms. The van der Waals surface area contributed by atoms with Gasteiger partial charge < -0.3 is 15.2 Å². The number of carbonyl (C=O) groups is 2. The molecule has 1 heterocycles. The lowest BCUT2D eigenvalue weighted by molar-refractivity contribution is -0.116. The maximum absolute atomic E-state index is 13.6. The number of benzene rings is 2. The first kappa shape index (κ1) is 21.5. The molecule has 0 saturated carbocycles. The van der Waals surface area contributed by atoms with Crippen molar-refractivity contribution < 1.29 is 14.0 Å². The van der Waals surface area contributed by atoms with Crippen LogP contribution >= 0.6 is 11.8 Å². The van der Waals surface area contributed by atoms with Crippen LogP contribution in [0.4, 0.5) is 15.8 Å². The van der Waals surface area contributed by atoms with E-state index in [9.17, 15) is 14.0 Å². The van der Waals surface area contributed by atoms with Crippen LogP contribution in [0.2, 0.25) is 0 Å². The summed E-state index contributed by atoms with van der Waals surface area (Å²) in [7, 11) is 1.74. The Morgan fingerprint density at radius 1 is 1.00 bits per heavy atom. The van der Waals surface area contributed by atoms with Gasteiger partial charge in [0.25, 0.3) is 0 Å². The van der Waals surface area contributed by atoms with E-state index in [1.165, 1.54) is 12.1 Å². The summed E-state index contributed by atoms with van der Waals surface area (Å²) in [6.45, 7) is 2.03. The van der Waals surface area contributed by atoms with Gasteiger partial charge in [-0.1, -0.05) is 49.0 Å². The van der Waals surface area contributed by atoms with Gasteiger partial charge >= 0.3 is 0 Å². The minimum atomic E-state index is -0.493. The number of amides is 2. The lowest BCUT2D eigenvalue weighted by atomic mass is 10.1. The van der Waals surface area contributed by atoms with Gasteiger partial charge in [0.1, 0.15) is 11.6 Å². The van der Waals surface area contributed by atoms with Crippen LogP contribution in [0.15, 0.2) is 53.7 Å². The van der Waals surface area contributed by atoms with Crippen LogP contribution in [-0.4, -0.2) is 32.3 Å². The highest BCUT2D eigenvalue weighted by molar-refractivity contribution is 7.99. The van der Waals surface area contributed by atoms with Crippen LogP contribution < -0.4 is 10.6 Å². The molecular formula is C21H22FN5O2S. The number of anilines is 2. The summed E-state index contributed by atoms with van der Waals surface area (Å²) in [5, 5.41) is 14.0. The topological polar surface area (TPSA) is 88.9 Å². The second kappa shape index (κ2) is 10.0. The number of aromatic nitrogens is 3. The molecule has 156 valence electrons. The fraction of sp³-hybridized carbons (Fsp3) is 0.238. The number of hydrogen-bond acceptors (Lipinski definition) is 5. The Kier molecular flexibility index (Phi) is 7.18. The lowest BCUT2D eigenvalue weighted by Crippen LogP contribution is -2.18. The Balaban J connectivity index is 1.56. The fourth-order valence-electron chi connectivity index (χ4n) is 2.79. The van der Waals surface area contributed by atoms with E-state index in [-0.39, 0.29) is 29.7 Å². The maximum atomic E-state index is 13.6. The van der Waals surface area contributed by atoms with Crippen LogP contribution in [0.3, 0.4) is 0 Å². The van der Waals surface area contributed by atoms with Crippen molar-refractivity contribution in [3.05, 3.63) is 65.7 Å². The molecule has 0 saturated heterocycles. The molecule has 3 aromatic rings. The van der Waals surface area contributed by atoms with Gasteiger partial charge in [0, 0.05) is 12.7 Å². The SMILES string of the molecule is CCc1ccccc1NC(=O)Cc1nnc(SCC(=O)Nc2ccccc2F)n1C. The van der Waals surface area contributed by atoms with E-state index in [1.807, 2.05) is 31.2 Å². The molecule has 3 rings (SSSR count). The molecule has 0 bridgehead atoms. The predicted octanol–water partition coefficient (Wildman–Crippen LogP) is 3.43. The average molecular weight is 428 g/mol. The Labute approximate surface area is 178 Å². The zero-order valence-corrected chi connectivity index (χ0v) is 17.5. The van der Waals surface area contributed by atoms with E-state index in [2.05, 4.69) is 20.8 Å². The Hall–Kier alpha value is -3.20. The molecule has 0 atom stereocenters. The third kappa shape index (κ3) is 5.44. The summed E-state index contributed by atoms with van der Waals surface area (Å²) in [5.74, 6) is -0.522. The first-order valence-electron chi connectivity index (χ1n) is 9.41. The molecule has 0 unspecified atom stereocenters. The van der Waals surface area contributed by atoms with Gasteiger partial charge in [0.15, 0.2) is 5.16 Å². The molecule has 7 nitrogen and oxygen atoms in total. The molecule has 0 radical (unpaired) electrons. The van der Waals surface area contributed by atoms with Crippen molar-refractivity contribution in [3.63, 3.8) is 0 Å². The first-order valence-corrected chi connectivity index (χ1v) is 10.4. The highest BCUT2D eigenvalue weighted by Crippen LogP contribution is 2.19. The molecule has 0 fully saturated rings. The third-order valence-electron chi connectivity index (χ3n) is 4.40. The standard InChI is InChI=1S/C21H22FN5O2S/c1-3-14-8-4-6-10-16(14)23-19(28)12-18-25-26-21(27(18)2)30-13-20(29)24-17-11-7-5-9-15(17)22/h4-11H,3,12-13H2,1-2H3,(H,23,28)(H,24,29). The predicted molar refractivity (Wildman–Crippen MR) is 115 cm³/mol. The van der Waals surface area contributed by atoms with Gasteiger partial charge in [-0.25, -0.2) is 4.39 Å². The van der Waals surface area contributed by atoms with Gasteiger partial charge in [-0.2, -0.15) is 0 Å². The Bertz CT molecular complexity index is 1050. The average Bonchev–Trinajstić information content (AvgIpc) is 3.08. The smallest absolute Gasteiger partial charge is 0.234 e. The van der Waals surface area contributed by atoms with E-state index in [0.717, 1.165) is 29.4 Å². The zero-order valence-electron chi connectivity index (χ0n) is 16.7. The van der Waals surface area contributed by atoms with E-state index >= 15 is 0 Å². The van der Waals surface area contributed by atoms with Crippen molar-refractivity contribution in [2.45, 2.75) is 24.9 Å². The second-order valence-electron chi connectivity index (χ2n) is 6.51. The summed E-state index contributed by atoms with van der Waals surface area (Å²) in [5.41, 5.74) is 1.97. The van der Waals surface area contributed by atoms with Crippen LogP contribution in [-0.2, 0) is 29.5 Å². The quantitative estimate of drug-likeness (QED) is 0.538. The van der Waals surface area contributed by atoms with Crippen molar-refractivity contribution in [1.29, 1.82) is 0 Å². The largest absolute Gasteiger partial charge is 0.325 e. The molecule has 1 aromatic heterocycles. The van der Waals surface area contributed by atoms with E-state index < -0.39 is 5.82 Å². The summed E-state index contributed by atoms with van der Waals surface area (Å²) < 4.78 is 15.3. The number of nitrogens with zero attached hydrogens (tertiary/aromatic N) is 3. The van der Waals surface area contributed by atoms with Gasteiger partial charge in [-0.15, -0.1) is 10.2 Å². The molecule has 0 aliphatic heterocycles. The number of halogens is 1. The van der Waals surface area contributed by atoms with E-state index in [1.54, 1.807) is 23.7 Å². The molecule has 2 amide bonds. The molecule has 2 N–H and O–H groups in total. The number of para-hydroxylation sites is 2. The zero-order chi connectivity index (χ0) is 21.5. The number of hydrogen-bond donors (Lipinski definition) is 2. The van der Waals surface area contributed by atoms with E-state index in [0.29, 0.717) is 11.0 Å². The highest BCUT2D eigenvalue weighted by atomic mass is 32.2. The number of carbonyl (C=O) groups excluding carboxylic acids is 2. The van der Waals surface area contributed by atoms with Crippen LogP contribution in [0, 0.1) is 5.82 Å². The van der Waals surface area contributed by atoms with Crippen LogP contribution in [0.1, 0.15) is 18.3 Å². The third-order valence-corrected chi connectivity index (χ3v) is 5.42. The van der Waals surface area contributed by atoms with Gasteiger partial charge in [0.05, 0.1) is 17.9 Å². The number of nitrogens with one attached hydrogen (secondary N) is 2. The van der Waals surface area contributed by atoms with Gasteiger partial charge in [-0.3, -0.25) is 9.59 Å². The lowest BCUT2D eigenvalue weighted by Gasteiger charge is -2.09. The second-order valence-corrected chi connectivity index (χ2v) is 7.45. The van der Waals surface area contributed by atoms with Crippen LogP contribution in [0.5, 0.6) is 0 Å². The summed E-state index contributed by atoms with van der Waals surface area (Å²) in [4.78, 5) is 24.5. The molecule has 0 spiro atoms. The van der Waals surface area contributed by atoms with Gasteiger partial charge in [0.2, 0.25) is 11.8 Å². The number of rotatable bonds is 8. The van der Waals surface area contributed by atoms with Crippen molar-refractivity contribution in [1.82, 2.24) is 14.8 Å². The monoisotopic (exact) mass is 427 g/mol. The minimum absolute atomic E-state index is 0.0381.